The van der Waals surface area contributed by atoms with Gasteiger partial charge in [-0.1, -0.05) is 61.9 Å². The maximum atomic E-state index is 6.07. The van der Waals surface area contributed by atoms with Gasteiger partial charge in [0.15, 0.2) is 0 Å². The standard InChI is InChI=1S/C23H31NO/c1-19(18-25-23-14-7-6-10-20(23)2)17-24-15-9-8-13-22(24)16-21-11-4-3-5-12-21/h3-7,10-12,14,19,22H,8-9,13,15-18H2,1-2H3. The highest BCUT2D eigenvalue weighted by Crippen LogP contribution is 2.23. The van der Waals surface area contributed by atoms with Gasteiger partial charge < -0.3 is 4.74 Å². The van der Waals surface area contributed by atoms with Crippen molar-refractivity contribution in [1.29, 1.82) is 0 Å². The molecule has 0 aromatic heterocycles. The number of nitrogens with zero attached hydrogens (tertiary/aromatic N) is 1. The molecule has 2 aromatic rings. The van der Waals surface area contributed by atoms with Crippen molar-refractivity contribution < 1.29 is 4.74 Å². The third-order valence-corrected chi connectivity index (χ3v) is 5.23. The van der Waals surface area contributed by atoms with Crippen molar-refractivity contribution in [3.05, 3.63) is 65.7 Å². The van der Waals surface area contributed by atoms with Gasteiger partial charge in [0.05, 0.1) is 6.61 Å². The van der Waals surface area contributed by atoms with E-state index in [1.807, 2.05) is 6.07 Å². The number of piperidine rings is 1. The smallest absolute Gasteiger partial charge is 0.122 e. The molecule has 3 rings (SSSR count). The molecular weight excluding hydrogens is 306 g/mol. The van der Waals surface area contributed by atoms with Crippen molar-refractivity contribution >= 4 is 0 Å². The highest BCUT2D eigenvalue weighted by atomic mass is 16.5. The molecule has 1 aliphatic rings. The zero-order chi connectivity index (χ0) is 17.5. The largest absolute Gasteiger partial charge is 0.493 e. The van der Waals surface area contributed by atoms with Crippen molar-refractivity contribution in [3.8, 4) is 5.75 Å². The molecule has 2 heteroatoms. The van der Waals surface area contributed by atoms with E-state index < -0.39 is 0 Å². The summed E-state index contributed by atoms with van der Waals surface area (Å²) in [6, 6.07) is 19.9. The lowest BCUT2D eigenvalue weighted by Crippen LogP contribution is -2.43. The van der Waals surface area contributed by atoms with Gasteiger partial charge in [-0.15, -0.1) is 0 Å². The van der Waals surface area contributed by atoms with Crippen LogP contribution in [0, 0.1) is 12.8 Å². The van der Waals surface area contributed by atoms with Crippen molar-refractivity contribution in [2.45, 2.75) is 45.6 Å². The molecule has 134 valence electrons. The second-order valence-corrected chi connectivity index (χ2v) is 7.52. The molecule has 0 N–H and O–H groups in total. The summed E-state index contributed by atoms with van der Waals surface area (Å²) in [5.41, 5.74) is 2.68. The zero-order valence-corrected chi connectivity index (χ0v) is 15.7. The summed E-state index contributed by atoms with van der Waals surface area (Å²) in [6.07, 6.45) is 5.19. The van der Waals surface area contributed by atoms with E-state index in [1.165, 1.54) is 43.4 Å². The van der Waals surface area contributed by atoms with Crippen LogP contribution < -0.4 is 4.74 Å². The minimum Gasteiger partial charge on any atom is -0.493 e. The average molecular weight is 338 g/mol. The second-order valence-electron chi connectivity index (χ2n) is 7.52. The fraction of sp³-hybridized carbons (Fsp3) is 0.478. The molecule has 0 spiro atoms. The Labute approximate surface area is 152 Å². The Morgan fingerprint density at radius 3 is 2.60 bits per heavy atom. The first kappa shape index (κ1) is 18.0. The van der Waals surface area contributed by atoms with Crippen molar-refractivity contribution in [3.63, 3.8) is 0 Å². The van der Waals surface area contributed by atoms with Gasteiger partial charge in [-0.25, -0.2) is 0 Å². The van der Waals surface area contributed by atoms with Crippen LogP contribution >= 0.6 is 0 Å². The summed E-state index contributed by atoms with van der Waals surface area (Å²) >= 11 is 0. The monoisotopic (exact) mass is 337 g/mol. The fourth-order valence-electron chi connectivity index (χ4n) is 3.82. The van der Waals surface area contributed by atoms with E-state index in [0.717, 1.165) is 18.9 Å². The summed E-state index contributed by atoms with van der Waals surface area (Å²) in [5.74, 6) is 1.56. The first-order valence-corrected chi connectivity index (χ1v) is 9.69. The van der Waals surface area contributed by atoms with Gasteiger partial charge in [-0.05, 0) is 49.9 Å². The molecule has 2 nitrogen and oxygen atoms in total. The maximum Gasteiger partial charge on any atom is 0.122 e. The van der Waals surface area contributed by atoms with E-state index in [4.69, 9.17) is 4.74 Å². The van der Waals surface area contributed by atoms with Crippen molar-refractivity contribution in [2.24, 2.45) is 5.92 Å². The summed E-state index contributed by atoms with van der Waals surface area (Å²) in [4.78, 5) is 2.70. The highest BCUT2D eigenvalue weighted by Gasteiger charge is 2.24. The Balaban J connectivity index is 1.53. The number of aryl methyl sites for hydroxylation is 1. The molecule has 2 unspecified atom stereocenters. The Morgan fingerprint density at radius 2 is 1.80 bits per heavy atom. The van der Waals surface area contributed by atoms with Gasteiger partial charge in [0.1, 0.15) is 5.75 Å². The highest BCUT2D eigenvalue weighted by molar-refractivity contribution is 5.31. The van der Waals surface area contributed by atoms with Crippen LogP contribution in [0.2, 0.25) is 0 Å². The fourth-order valence-corrected chi connectivity index (χ4v) is 3.82. The predicted molar refractivity (Wildman–Crippen MR) is 105 cm³/mol. The molecule has 0 bridgehead atoms. The molecule has 1 heterocycles. The molecule has 0 aliphatic carbocycles. The van der Waals surface area contributed by atoms with Crippen LogP contribution in [-0.2, 0) is 6.42 Å². The molecule has 0 radical (unpaired) electrons. The third-order valence-electron chi connectivity index (χ3n) is 5.23. The van der Waals surface area contributed by atoms with Crippen LogP contribution in [0.4, 0.5) is 0 Å². The second kappa shape index (κ2) is 9.05. The van der Waals surface area contributed by atoms with E-state index >= 15 is 0 Å². The SMILES string of the molecule is Cc1ccccc1OCC(C)CN1CCCCC1Cc1ccccc1. The third kappa shape index (κ3) is 5.34. The van der Waals surface area contributed by atoms with E-state index in [2.05, 4.69) is 67.3 Å². The number of benzene rings is 2. The van der Waals surface area contributed by atoms with E-state index in [1.54, 1.807) is 0 Å². The van der Waals surface area contributed by atoms with Gasteiger partial charge in [-0.2, -0.15) is 0 Å². The Kier molecular flexibility index (Phi) is 6.52. The average Bonchev–Trinajstić information content (AvgIpc) is 2.64. The predicted octanol–water partition coefficient (Wildman–Crippen LogP) is 5.11. The lowest BCUT2D eigenvalue weighted by atomic mass is 9.94. The molecule has 1 fully saturated rings. The van der Waals surface area contributed by atoms with Gasteiger partial charge in [0.2, 0.25) is 0 Å². The van der Waals surface area contributed by atoms with Crippen molar-refractivity contribution in [1.82, 2.24) is 4.90 Å². The lowest BCUT2D eigenvalue weighted by molar-refractivity contribution is 0.111. The first-order valence-electron chi connectivity index (χ1n) is 9.69. The van der Waals surface area contributed by atoms with Gasteiger partial charge in [-0.3, -0.25) is 4.90 Å². The quantitative estimate of drug-likeness (QED) is 0.696. The molecule has 2 aromatic carbocycles. The van der Waals surface area contributed by atoms with E-state index in [-0.39, 0.29) is 0 Å². The topological polar surface area (TPSA) is 12.5 Å². The number of para-hydroxylation sites is 1. The number of hydrogen-bond acceptors (Lipinski definition) is 2. The Hall–Kier alpha value is -1.80. The van der Waals surface area contributed by atoms with Gasteiger partial charge >= 0.3 is 0 Å². The van der Waals surface area contributed by atoms with E-state index in [9.17, 15) is 0 Å². The molecular formula is C23H31NO. The van der Waals surface area contributed by atoms with Crippen LogP contribution in [-0.4, -0.2) is 30.6 Å². The van der Waals surface area contributed by atoms with Crippen LogP contribution in [0.15, 0.2) is 54.6 Å². The van der Waals surface area contributed by atoms with Crippen LogP contribution in [0.3, 0.4) is 0 Å². The number of hydrogen-bond donors (Lipinski definition) is 0. The van der Waals surface area contributed by atoms with Gasteiger partial charge in [0, 0.05) is 18.5 Å². The van der Waals surface area contributed by atoms with Crippen LogP contribution in [0.5, 0.6) is 5.75 Å². The number of ether oxygens (including phenoxy) is 1. The maximum absolute atomic E-state index is 6.07. The Bertz CT molecular complexity index is 640. The molecule has 2 atom stereocenters. The molecule has 0 saturated carbocycles. The van der Waals surface area contributed by atoms with E-state index in [0.29, 0.717) is 12.0 Å². The molecule has 25 heavy (non-hydrogen) atoms. The summed E-state index contributed by atoms with van der Waals surface area (Å²) < 4.78 is 6.07. The summed E-state index contributed by atoms with van der Waals surface area (Å²) in [6.45, 7) is 7.57. The zero-order valence-electron chi connectivity index (χ0n) is 15.7. The Morgan fingerprint density at radius 1 is 1.04 bits per heavy atom. The number of rotatable bonds is 7. The number of likely N-dealkylation sites (tertiary alicyclic amines) is 1. The normalized spacial score (nSPS) is 19.5. The lowest BCUT2D eigenvalue weighted by Gasteiger charge is -2.37. The minimum atomic E-state index is 0.538. The van der Waals surface area contributed by atoms with Crippen LogP contribution in [0.1, 0.15) is 37.3 Å². The van der Waals surface area contributed by atoms with Crippen LogP contribution in [0.25, 0.3) is 0 Å². The molecule has 1 saturated heterocycles. The van der Waals surface area contributed by atoms with Gasteiger partial charge in [0.25, 0.3) is 0 Å². The first-order chi connectivity index (χ1) is 12.2. The minimum absolute atomic E-state index is 0.538. The summed E-state index contributed by atoms with van der Waals surface area (Å²) in [5, 5.41) is 0. The molecule has 1 aliphatic heterocycles. The molecule has 0 amide bonds. The summed E-state index contributed by atoms with van der Waals surface area (Å²) in [7, 11) is 0. The van der Waals surface area contributed by atoms with Crippen molar-refractivity contribution in [2.75, 3.05) is 19.7 Å².